The van der Waals surface area contributed by atoms with Gasteiger partial charge in [0.15, 0.2) is 0 Å². The summed E-state index contributed by atoms with van der Waals surface area (Å²) in [5.41, 5.74) is 2.06. The number of benzene rings is 1. The van der Waals surface area contributed by atoms with Crippen LogP contribution in [0, 0.1) is 12.3 Å². The van der Waals surface area contributed by atoms with Crippen LogP contribution in [0.2, 0.25) is 0 Å². The zero-order chi connectivity index (χ0) is 18.6. The molecule has 25 heavy (non-hydrogen) atoms. The molecule has 1 atom stereocenters. The van der Waals surface area contributed by atoms with Gasteiger partial charge in [0.2, 0.25) is 11.8 Å². The number of carbonyl (C=O) groups excluding carboxylic acids is 2. The van der Waals surface area contributed by atoms with Gasteiger partial charge in [0.1, 0.15) is 5.41 Å². The molecule has 2 rings (SSSR count). The lowest BCUT2D eigenvalue weighted by atomic mass is 10.0. The van der Waals surface area contributed by atoms with E-state index in [1.165, 1.54) is 0 Å². The Morgan fingerprint density at radius 1 is 1.16 bits per heavy atom. The summed E-state index contributed by atoms with van der Waals surface area (Å²) < 4.78 is 0. The summed E-state index contributed by atoms with van der Waals surface area (Å²) in [6, 6.07) is 6.13. The van der Waals surface area contributed by atoms with E-state index in [-0.39, 0.29) is 17.9 Å². The summed E-state index contributed by atoms with van der Waals surface area (Å²) in [7, 11) is 0. The molecule has 0 spiro atoms. The molecule has 1 aliphatic carbocycles. The van der Waals surface area contributed by atoms with Gasteiger partial charge in [-0.15, -0.1) is 0 Å². The number of carbonyl (C=O) groups is 2. The standard InChI is InChI=1S/C20H31N3O2/c1-6-15(5)21-18(24)20(11-12-20)19(25)22-17-10-9-16(13-14(17)4)23(7-2)8-3/h9-10,13,15H,6-8,11-12H2,1-5H3,(H,21,24)(H,22,25). The average molecular weight is 345 g/mol. The van der Waals surface area contributed by atoms with Crippen molar-refractivity contribution in [2.75, 3.05) is 23.3 Å². The minimum atomic E-state index is -0.882. The number of aryl methyl sites for hydroxylation is 1. The number of nitrogens with one attached hydrogen (secondary N) is 2. The third-order valence-corrected chi connectivity index (χ3v) is 5.20. The molecule has 1 aromatic carbocycles. The summed E-state index contributed by atoms with van der Waals surface area (Å²) in [6.07, 6.45) is 2.10. The molecule has 1 fully saturated rings. The Morgan fingerprint density at radius 3 is 2.28 bits per heavy atom. The second kappa shape index (κ2) is 7.89. The van der Waals surface area contributed by atoms with Crippen LogP contribution in [0.3, 0.4) is 0 Å². The minimum absolute atomic E-state index is 0.0906. The van der Waals surface area contributed by atoms with E-state index < -0.39 is 5.41 Å². The van der Waals surface area contributed by atoms with Crippen molar-refractivity contribution in [3.8, 4) is 0 Å². The Kier molecular flexibility index (Phi) is 6.09. The highest BCUT2D eigenvalue weighted by molar-refractivity contribution is 6.13. The van der Waals surface area contributed by atoms with Crippen LogP contribution >= 0.6 is 0 Å². The van der Waals surface area contributed by atoms with Crippen molar-refractivity contribution in [2.45, 2.75) is 59.9 Å². The molecular weight excluding hydrogens is 314 g/mol. The van der Waals surface area contributed by atoms with Crippen LogP contribution in [0.1, 0.15) is 52.5 Å². The fourth-order valence-electron chi connectivity index (χ4n) is 2.96. The van der Waals surface area contributed by atoms with E-state index in [2.05, 4.69) is 35.4 Å². The van der Waals surface area contributed by atoms with Crippen LogP contribution in [0.5, 0.6) is 0 Å². The molecule has 0 aliphatic heterocycles. The highest BCUT2D eigenvalue weighted by Gasteiger charge is 2.56. The molecule has 1 unspecified atom stereocenters. The fourth-order valence-corrected chi connectivity index (χ4v) is 2.96. The van der Waals surface area contributed by atoms with Crippen LogP contribution < -0.4 is 15.5 Å². The number of amides is 2. The van der Waals surface area contributed by atoms with Gasteiger partial charge in [-0.1, -0.05) is 6.92 Å². The average Bonchev–Trinajstić information content (AvgIpc) is 3.40. The van der Waals surface area contributed by atoms with Crippen LogP contribution in [-0.2, 0) is 9.59 Å². The molecule has 0 aromatic heterocycles. The predicted octanol–water partition coefficient (Wildman–Crippen LogP) is 3.47. The Labute approximate surface area is 151 Å². The second-order valence-electron chi connectivity index (χ2n) is 6.99. The number of hydrogen-bond donors (Lipinski definition) is 2. The number of anilines is 2. The van der Waals surface area contributed by atoms with Crippen molar-refractivity contribution in [3.05, 3.63) is 23.8 Å². The van der Waals surface area contributed by atoms with Crippen molar-refractivity contribution in [1.29, 1.82) is 0 Å². The van der Waals surface area contributed by atoms with Crippen molar-refractivity contribution >= 4 is 23.2 Å². The topological polar surface area (TPSA) is 61.4 Å². The summed E-state index contributed by atoms with van der Waals surface area (Å²) in [5.74, 6) is -0.330. The van der Waals surface area contributed by atoms with Crippen LogP contribution in [0.25, 0.3) is 0 Å². The third kappa shape index (κ3) is 4.14. The van der Waals surface area contributed by atoms with E-state index in [0.717, 1.165) is 36.4 Å². The lowest BCUT2D eigenvalue weighted by molar-refractivity contribution is -0.134. The van der Waals surface area contributed by atoms with E-state index in [4.69, 9.17) is 0 Å². The van der Waals surface area contributed by atoms with Gasteiger partial charge < -0.3 is 15.5 Å². The maximum Gasteiger partial charge on any atom is 0.240 e. The van der Waals surface area contributed by atoms with Gasteiger partial charge in [0.25, 0.3) is 0 Å². The normalized spacial score (nSPS) is 16.0. The zero-order valence-electron chi connectivity index (χ0n) is 16.1. The van der Waals surface area contributed by atoms with Gasteiger partial charge in [-0.2, -0.15) is 0 Å². The van der Waals surface area contributed by atoms with E-state index in [1.54, 1.807) is 0 Å². The summed E-state index contributed by atoms with van der Waals surface area (Å²) in [6.45, 7) is 12.1. The molecule has 138 valence electrons. The Morgan fingerprint density at radius 2 is 1.80 bits per heavy atom. The van der Waals surface area contributed by atoms with Gasteiger partial charge in [-0.3, -0.25) is 9.59 Å². The number of hydrogen-bond acceptors (Lipinski definition) is 3. The van der Waals surface area contributed by atoms with Gasteiger partial charge in [0.05, 0.1) is 0 Å². The highest BCUT2D eigenvalue weighted by Crippen LogP contribution is 2.47. The highest BCUT2D eigenvalue weighted by atomic mass is 16.2. The molecule has 5 heteroatoms. The summed E-state index contributed by atoms with van der Waals surface area (Å²) in [4.78, 5) is 27.4. The first-order valence-corrected chi connectivity index (χ1v) is 9.36. The molecule has 2 N–H and O–H groups in total. The van der Waals surface area contributed by atoms with E-state index in [9.17, 15) is 9.59 Å². The molecule has 5 nitrogen and oxygen atoms in total. The molecule has 1 aliphatic rings. The predicted molar refractivity (Wildman–Crippen MR) is 103 cm³/mol. The Balaban J connectivity index is 2.09. The fraction of sp³-hybridized carbons (Fsp3) is 0.600. The molecule has 0 bridgehead atoms. The van der Waals surface area contributed by atoms with E-state index in [1.807, 2.05) is 32.9 Å². The molecule has 2 amide bonds. The van der Waals surface area contributed by atoms with Crippen molar-refractivity contribution in [1.82, 2.24) is 5.32 Å². The molecule has 0 radical (unpaired) electrons. The second-order valence-corrected chi connectivity index (χ2v) is 6.99. The maximum absolute atomic E-state index is 12.7. The Hall–Kier alpha value is -2.04. The van der Waals surface area contributed by atoms with Gasteiger partial charge in [0, 0.05) is 30.5 Å². The largest absolute Gasteiger partial charge is 0.372 e. The number of nitrogens with zero attached hydrogens (tertiary/aromatic N) is 1. The van der Waals surface area contributed by atoms with Gasteiger partial charge in [-0.25, -0.2) is 0 Å². The van der Waals surface area contributed by atoms with Gasteiger partial charge in [-0.05, 0) is 70.7 Å². The minimum Gasteiger partial charge on any atom is -0.372 e. The smallest absolute Gasteiger partial charge is 0.240 e. The Bertz CT molecular complexity index is 634. The molecular formula is C20H31N3O2. The summed E-state index contributed by atoms with van der Waals surface area (Å²) in [5, 5.41) is 5.92. The SMILES string of the molecule is CCC(C)NC(=O)C1(C(=O)Nc2ccc(N(CC)CC)cc2C)CC1. The lowest BCUT2D eigenvalue weighted by Gasteiger charge is -2.23. The first kappa shape index (κ1) is 19.3. The first-order valence-electron chi connectivity index (χ1n) is 9.36. The maximum atomic E-state index is 12.7. The van der Waals surface area contributed by atoms with Gasteiger partial charge >= 0.3 is 0 Å². The molecule has 0 heterocycles. The zero-order valence-corrected chi connectivity index (χ0v) is 16.1. The summed E-state index contributed by atoms with van der Waals surface area (Å²) >= 11 is 0. The lowest BCUT2D eigenvalue weighted by Crippen LogP contribution is -2.43. The molecule has 0 saturated heterocycles. The van der Waals surface area contributed by atoms with Crippen molar-refractivity contribution < 1.29 is 9.59 Å². The van der Waals surface area contributed by atoms with Crippen LogP contribution in [0.15, 0.2) is 18.2 Å². The third-order valence-electron chi connectivity index (χ3n) is 5.20. The van der Waals surface area contributed by atoms with E-state index >= 15 is 0 Å². The number of rotatable bonds is 8. The first-order chi connectivity index (χ1) is 11.9. The molecule has 1 saturated carbocycles. The molecule has 1 aromatic rings. The quantitative estimate of drug-likeness (QED) is 0.709. The van der Waals surface area contributed by atoms with Crippen LogP contribution in [0.4, 0.5) is 11.4 Å². The van der Waals surface area contributed by atoms with Crippen molar-refractivity contribution in [2.24, 2.45) is 5.41 Å². The van der Waals surface area contributed by atoms with Crippen LogP contribution in [-0.4, -0.2) is 30.9 Å². The van der Waals surface area contributed by atoms with E-state index in [0.29, 0.717) is 12.8 Å². The monoisotopic (exact) mass is 345 g/mol. The van der Waals surface area contributed by atoms with Crippen molar-refractivity contribution in [3.63, 3.8) is 0 Å².